The molecule has 1 fully saturated rings. The van der Waals surface area contributed by atoms with E-state index in [4.69, 9.17) is 4.74 Å². The summed E-state index contributed by atoms with van der Waals surface area (Å²) in [5.74, 6) is 1.57. The molecule has 0 amide bonds. The summed E-state index contributed by atoms with van der Waals surface area (Å²) >= 11 is 0. The number of aryl methyl sites for hydroxylation is 1. The topological polar surface area (TPSA) is 49.8 Å². The minimum Gasteiger partial charge on any atom is -0.381 e. The van der Waals surface area contributed by atoms with Gasteiger partial charge in [0, 0.05) is 52.1 Å². The Labute approximate surface area is 127 Å². The van der Waals surface area contributed by atoms with Crippen molar-refractivity contribution >= 4 is 5.96 Å². The fraction of sp³-hybridized carbons (Fsp3) is 0.625. The van der Waals surface area contributed by atoms with Crippen LogP contribution in [-0.4, -0.2) is 56.2 Å². The molecule has 1 unspecified atom stereocenters. The van der Waals surface area contributed by atoms with E-state index in [1.165, 1.54) is 11.1 Å². The Balaban J connectivity index is 1.78. The highest BCUT2D eigenvalue weighted by Gasteiger charge is 2.18. The van der Waals surface area contributed by atoms with Crippen molar-refractivity contribution in [1.82, 2.24) is 15.2 Å². The zero-order valence-corrected chi connectivity index (χ0v) is 13.3. The van der Waals surface area contributed by atoms with E-state index in [1.807, 2.05) is 19.4 Å². The quantitative estimate of drug-likeness (QED) is 0.659. The number of nitrogens with one attached hydrogen (secondary N) is 1. The molecule has 116 valence electrons. The van der Waals surface area contributed by atoms with Crippen LogP contribution in [0.4, 0.5) is 0 Å². The molecule has 5 nitrogen and oxygen atoms in total. The predicted molar refractivity (Wildman–Crippen MR) is 85.6 cm³/mol. The average molecular weight is 290 g/mol. The van der Waals surface area contributed by atoms with Crippen molar-refractivity contribution in [2.24, 2.45) is 10.9 Å². The van der Waals surface area contributed by atoms with Gasteiger partial charge in [-0.15, -0.1) is 0 Å². The molecular weight excluding hydrogens is 264 g/mol. The summed E-state index contributed by atoms with van der Waals surface area (Å²) in [7, 11) is 3.92. The van der Waals surface area contributed by atoms with E-state index in [0.717, 1.165) is 45.1 Å². The van der Waals surface area contributed by atoms with Crippen molar-refractivity contribution in [3.05, 3.63) is 29.6 Å². The van der Waals surface area contributed by atoms with Gasteiger partial charge >= 0.3 is 0 Å². The summed E-state index contributed by atoms with van der Waals surface area (Å²) in [5.41, 5.74) is 2.57. The number of rotatable bonds is 5. The molecule has 1 aliphatic heterocycles. The zero-order chi connectivity index (χ0) is 15.1. The lowest BCUT2D eigenvalue weighted by Gasteiger charge is -2.24. The Kier molecular flexibility index (Phi) is 5.99. The van der Waals surface area contributed by atoms with Crippen molar-refractivity contribution in [2.45, 2.75) is 19.8 Å². The Bertz CT molecular complexity index is 469. The van der Waals surface area contributed by atoms with Gasteiger partial charge in [0.1, 0.15) is 0 Å². The van der Waals surface area contributed by atoms with E-state index in [2.05, 4.69) is 40.2 Å². The van der Waals surface area contributed by atoms with Crippen molar-refractivity contribution in [3.8, 4) is 0 Å². The Morgan fingerprint density at radius 1 is 1.57 bits per heavy atom. The van der Waals surface area contributed by atoms with Gasteiger partial charge in [0.15, 0.2) is 5.96 Å². The third-order valence-electron chi connectivity index (χ3n) is 3.94. The van der Waals surface area contributed by atoms with Gasteiger partial charge in [0.25, 0.3) is 0 Å². The first kappa shape index (κ1) is 15.8. The molecule has 21 heavy (non-hydrogen) atoms. The van der Waals surface area contributed by atoms with Gasteiger partial charge in [-0.2, -0.15) is 0 Å². The van der Waals surface area contributed by atoms with Gasteiger partial charge in [-0.25, -0.2) is 0 Å². The second-order valence-corrected chi connectivity index (χ2v) is 5.64. The van der Waals surface area contributed by atoms with Crippen LogP contribution in [0.15, 0.2) is 23.5 Å². The third kappa shape index (κ3) is 4.70. The highest BCUT2D eigenvalue weighted by atomic mass is 16.5. The molecule has 1 aromatic heterocycles. The van der Waals surface area contributed by atoms with Crippen LogP contribution in [0, 0.1) is 12.8 Å². The van der Waals surface area contributed by atoms with E-state index < -0.39 is 0 Å². The van der Waals surface area contributed by atoms with Crippen LogP contribution in [0.3, 0.4) is 0 Å². The molecule has 0 spiro atoms. The second kappa shape index (κ2) is 7.98. The first-order valence-electron chi connectivity index (χ1n) is 7.59. The molecule has 0 bridgehead atoms. The fourth-order valence-corrected chi connectivity index (χ4v) is 2.68. The van der Waals surface area contributed by atoms with Gasteiger partial charge in [-0.05, 0) is 37.0 Å². The van der Waals surface area contributed by atoms with Crippen LogP contribution in [0.25, 0.3) is 0 Å². The molecule has 0 saturated carbocycles. The maximum absolute atomic E-state index is 5.43. The Hall–Kier alpha value is -1.62. The van der Waals surface area contributed by atoms with E-state index in [-0.39, 0.29) is 0 Å². The van der Waals surface area contributed by atoms with Gasteiger partial charge in [0.2, 0.25) is 0 Å². The first-order valence-corrected chi connectivity index (χ1v) is 7.59. The smallest absolute Gasteiger partial charge is 0.193 e. The van der Waals surface area contributed by atoms with E-state index in [0.29, 0.717) is 5.92 Å². The summed E-state index contributed by atoms with van der Waals surface area (Å²) in [6.45, 7) is 5.74. The predicted octanol–water partition coefficient (Wildman–Crippen LogP) is 1.48. The molecule has 0 aliphatic carbocycles. The summed E-state index contributed by atoms with van der Waals surface area (Å²) in [5, 5.41) is 3.43. The normalized spacial score (nSPS) is 18.8. The van der Waals surface area contributed by atoms with Crippen LogP contribution in [-0.2, 0) is 11.2 Å². The molecule has 0 radical (unpaired) electrons. The summed E-state index contributed by atoms with van der Waals surface area (Å²) in [6, 6.07) is 2.08. The lowest BCUT2D eigenvalue weighted by Crippen LogP contribution is -2.42. The largest absolute Gasteiger partial charge is 0.381 e. The van der Waals surface area contributed by atoms with Crippen molar-refractivity contribution in [1.29, 1.82) is 0 Å². The number of guanidine groups is 1. The molecule has 1 saturated heterocycles. The number of pyridine rings is 1. The van der Waals surface area contributed by atoms with E-state index in [9.17, 15) is 0 Å². The molecule has 1 aliphatic rings. The number of hydrogen-bond acceptors (Lipinski definition) is 3. The zero-order valence-electron chi connectivity index (χ0n) is 13.3. The Morgan fingerprint density at radius 3 is 3.10 bits per heavy atom. The SMILES string of the molecule is CN=C(NCCc1ccncc1C)N(C)CC1CCOC1. The first-order chi connectivity index (χ1) is 10.2. The second-order valence-electron chi connectivity index (χ2n) is 5.64. The van der Waals surface area contributed by atoms with Gasteiger partial charge in [0.05, 0.1) is 6.61 Å². The number of aromatic nitrogens is 1. The maximum atomic E-state index is 5.43. The maximum Gasteiger partial charge on any atom is 0.193 e. The summed E-state index contributed by atoms with van der Waals surface area (Å²) < 4.78 is 5.43. The molecule has 1 N–H and O–H groups in total. The van der Waals surface area contributed by atoms with Crippen molar-refractivity contribution in [3.63, 3.8) is 0 Å². The van der Waals surface area contributed by atoms with Crippen molar-refractivity contribution in [2.75, 3.05) is 40.4 Å². The molecule has 0 aromatic carbocycles. The summed E-state index contributed by atoms with van der Waals surface area (Å²) in [4.78, 5) is 10.7. The molecule has 5 heteroatoms. The minimum atomic E-state index is 0.621. The molecular formula is C16H26N4O. The number of hydrogen-bond donors (Lipinski definition) is 1. The molecule has 2 rings (SSSR count). The van der Waals surface area contributed by atoms with Gasteiger partial charge < -0.3 is 15.0 Å². The van der Waals surface area contributed by atoms with Gasteiger partial charge in [-0.3, -0.25) is 9.98 Å². The van der Waals surface area contributed by atoms with Crippen LogP contribution in [0.5, 0.6) is 0 Å². The number of nitrogens with zero attached hydrogens (tertiary/aromatic N) is 3. The monoisotopic (exact) mass is 290 g/mol. The minimum absolute atomic E-state index is 0.621. The number of aliphatic imine (C=N–C) groups is 1. The standard InChI is InChI=1S/C16H26N4O/c1-13-10-18-7-4-15(13)5-8-19-16(17-2)20(3)11-14-6-9-21-12-14/h4,7,10,14H,5-6,8-9,11-12H2,1-3H3,(H,17,19). The lowest BCUT2D eigenvalue weighted by molar-refractivity contribution is 0.181. The third-order valence-corrected chi connectivity index (χ3v) is 3.94. The lowest BCUT2D eigenvalue weighted by atomic mass is 10.1. The van der Waals surface area contributed by atoms with Crippen molar-refractivity contribution < 1.29 is 4.74 Å². The van der Waals surface area contributed by atoms with E-state index in [1.54, 1.807) is 0 Å². The van der Waals surface area contributed by atoms with Crippen LogP contribution in [0.2, 0.25) is 0 Å². The average Bonchev–Trinajstić information content (AvgIpc) is 2.98. The van der Waals surface area contributed by atoms with E-state index >= 15 is 0 Å². The van der Waals surface area contributed by atoms with Crippen LogP contribution >= 0.6 is 0 Å². The number of ether oxygens (including phenoxy) is 1. The van der Waals surface area contributed by atoms with Crippen LogP contribution in [0.1, 0.15) is 17.5 Å². The summed E-state index contributed by atoms with van der Waals surface area (Å²) in [6.07, 6.45) is 5.89. The molecule has 2 heterocycles. The van der Waals surface area contributed by atoms with Gasteiger partial charge in [-0.1, -0.05) is 0 Å². The Morgan fingerprint density at radius 2 is 2.43 bits per heavy atom. The molecule has 1 atom stereocenters. The fourth-order valence-electron chi connectivity index (χ4n) is 2.68. The molecule has 1 aromatic rings. The van der Waals surface area contributed by atoms with Crippen LogP contribution < -0.4 is 5.32 Å². The highest BCUT2D eigenvalue weighted by Crippen LogP contribution is 2.13. The highest BCUT2D eigenvalue weighted by molar-refractivity contribution is 5.79.